The summed E-state index contributed by atoms with van der Waals surface area (Å²) in [4.78, 5) is 17.5. The smallest absolute Gasteiger partial charge is 0.227 e. The van der Waals surface area contributed by atoms with Crippen LogP contribution >= 0.6 is 11.3 Å². The molecule has 2 rings (SSSR count). The first kappa shape index (κ1) is 13.5. The average molecular weight is 269 g/mol. The molecule has 3 N–H and O–H groups in total. The van der Waals surface area contributed by atoms with Gasteiger partial charge < -0.3 is 15.8 Å². The second-order valence-corrected chi connectivity index (χ2v) is 5.96. The number of nitrogens with two attached hydrogens (primary N) is 1. The van der Waals surface area contributed by atoms with Crippen LogP contribution in [0.25, 0.3) is 0 Å². The Balaban J connectivity index is 2.01. The van der Waals surface area contributed by atoms with E-state index in [2.05, 4.69) is 10.3 Å². The SMILES string of the molecule is Cc1nc(C)c(C(C)NC(=O)C2COCC2N)s1. The molecule has 1 aromatic heterocycles. The van der Waals surface area contributed by atoms with Crippen molar-refractivity contribution in [1.29, 1.82) is 0 Å². The van der Waals surface area contributed by atoms with Gasteiger partial charge in [-0.1, -0.05) is 0 Å². The number of carbonyl (C=O) groups is 1. The van der Waals surface area contributed by atoms with Gasteiger partial charge in [0.15, 0.2) is 0 Å². The molecule has 100 valence electrons. The molecule has 18 heavy (non-hydrogen) atoms. The highest BCUT2D eigenvalue weighted by Gasteiger charge is 2.32. The molecule has 0 saturated carbocycles. The first-order valence-corrected chi connectivity index (χ1v) is 6.88. The van der Waals surface area contributed by atoms with E-state index in [-0.39, 0.29) is 23.9 Å². The molecule has 3 atom stereocenters. The van der Waals surface area contributed by atoms with Crippen LogP contribution in [0.1, 0.15) is 28.5 Å². The first-order chi connectivity index (χ1) is 8.49. The van der Waals surface area contributed by atoms with Gasteiger partial charge in [-0.25, -0.2) is 4.98 Å². The quantitative estimate of drug-likeness (QED) is 0.855. The summed E-state index contributed by atoms with van der Waals surface area (Å²) in [6.07, 6.45) is 0. The predicted octanol–water partition coefficient (Wildman–Crippen LogP) is 0.911. The molecule has 0 aliphatic carbocycles. The lowest BCUT2D eigenvalue weighted by Crippen LogP contribution is -2.41. The molecule has 0 bridgehead atoms. The maximum atomic E-state index is 12.1. The van der Waals surface area contributed by atoms with Gasteiger partial charge in [0.1, 0.15) is 0 Å². The van der Waals surface area contributed by atoms with E-state index in [1.54, 1.807) is 11.3 Å². The Kier molecular flexibility index (Phi) is 3.99. The molecule has 6 heteroatoms. The fraction of sp³-hybridized carbons (Fsp3) is 0.667. The second-order valence-electron chi connectivity index (χ2n) is 4.72. The van der Waals surface area contributed by atoms with Gasteiger partial charge in [0, 0.05) is 10.9 Å². The Labute approximate surface area is 111 Å². The van der Waals surface area contributed by atoms with Crippen molar-refractivity contribution in [1.82, 2.24) is 10.3 Å². The van der Waals surface area contributed by atoms with Crippen molar-refractivity contribution in [3.63, 3.8) is 0 Å². The van der Waals surface area contributed by atoms with Crippen molar-refractivity contribution < 1.29 is 9.53 Å². The standard InChI is InChI=1S/C12H19N3O2S/c1-6-11(18-8(3)14-6)7(2)15-12(16)9-4-17-5-10(9)13/h7,9-10H,4-5,13H2,1-3H3,(H,15,16). The number of nitrogens with zero attached hydrogens (tertiary/aromatic N) is 1. The molecule has 0 spiro atoms. The zero-order valence-corrected chi connectivity index (χ0v) is 11.7. The van der Waals surface area contributed by atoms with Gasteiger partial charge in [-0.05, 0) is 20.8 Å². The highest BCUT2D eigenvalue weighted by atomic mass is 32.1. The van der Waals surface area contributed by atoms with E-state index < -0.39 is 0 Å². The molecule has 0 aromatic carbocycles. The molecule has 0 radical (unpaired) electrons. The van der Waals surface area contributed by atoms with Crippen molar-refractivity contribution in [2.45, 2.75) is 32.9 Å². The summed E-state index contributed by atoms with van der Waals surface area (Å²) in [5.74, 6) is -0.264. The molecule has 1 aromatic rings. The van der Waals surface area contributed by atoms with E-state index in [1.165, 1.54) is 0 Å². The Morgan fingerprint density at radius 1 is 1.56 bits per heavy atom. The molecule has 3 unspecified atom stereocenters. The Hall–Kier alpha value is -0.980. The lowest BCUT2D eigenvalue weighted by Gasteiger charge is -2.17. The monoisotopic (exact) mass is 269 g/mol. The molecule has 1 aliphatic heterocycles. The maximum Gasteiger partial charge on any atom is 0.227 e. The third-order valence-electron chi connectivity index (χ3n) is 3.15. The Morgan fingerprint density at radius 2 is 2.28 bits per heavy atom. The minimum atomic E-state index is -0.234. The van der Waals surface area contributed by atoms with Crippen LogP contribution in [0.3, 0.4) is 0 Å². The number of nitrogens with one attached hydrogen (secondary N) is 1. The van der Waals surface area contributed by atoms with Crippen LogP contribution in [0.5, 0.6) is 0 Å². The lowest BCUT2D eigenvalue weighted by molar-refractivity contribution is -0.125. The maximum absolute atomic E-state index is 12.1. The van der Waals surface area contributed by atoms with Crippen LogP contribution < -0.4 is 11.1 Å². The fourth-order valence-corrected chi connectivity index (χ4v) is 3.11. The minimum Gasteiger partial charge on any atom is -0.379 e. The van der Waals surface area contributed by atoms with Gasteiger partial charge in [-0.3, -0.25) is 4.79 Å². The molecule has 2 heterocycles. The van der Waals surface area contributed by atoms with Crippen LogP contribution in [-0.4, -0.2) is 30.1 Å². The lowest BCUT2D eigenvalue weighted by atomic mass is 10.0. The number of rotatable bonds is 3. The molecule has 1 amide bonds. The first-order valence-electron chi connectivity index (χ1n) is 6.06. The van der Waals surface area contributed by atoms with E-state index in [1.807, 2.05) is 20.8 Å². The number of hydrogen-bond donors (Lipinski definition) is 2. The van der Waals surface area contributed by atoms with Gasteiger partial charge in [0.2, 0.25) is 5.91 Å². The average Bonchev–Trinajstić information content (AvgIpc) is 2.84. The number of aryl methyl sites for hydroxylation is 2. The summed E-state index contributed by atoms with van der Waals surface area (Å²) in [6, 6.07) is -0.224. The number of aromatic nitrogens is 1. The highest BCUT2D eigenvalue weighted by molar-refractivity contribution is 7.11. The van der Waals surface area contributed by atoms with Gasteiger partial charge in [-0.15, -0.1) is 11.3 Å². The third-order valence-corrected chi connectivity index (χ3v) is 4.41. The summed E-state index contributed by atoms with van der Waals surface area (Å²) < 4.78 is 5.21. The van der Waals surface area contributed by atoms with Crippen LogP contribution in [0.2, 0.25) is 0 Å². The van der Waals surface area contributed by atoms with Crippen molar-refractivity contribution >= 4 is 17.2 Å². The molecular formula is C12H19N3O2S. The van der Waals surface area contributed by atoms with Crippen molar-refractivity contribution in [2.75, 3.05) is 13.2 Å². The van der Waals surface area contributed by atoms with Crippen LogP contribution in [-0.2, 0) is 9.53 Å². The van der Waals surface area contributed by atoms with E-state index in [0.29, 0.717) is 13.2 Å². The third kappa shape index (κ3) is 2.71. The summed E-state index contributed by atoms with van der Waals surface area (Å²) in [7, 11) is 0. The van der Waals surface area contributed by atoms with Crippen LogP contribution in [0.15, 0.2) is 0 Å². The summed E-state index contributed by atoms with van der Waals surface area (Å²) in [5.41, 5.74) is 6.82. The minimum absolute atomic E-state index is 0.0297. The summed E-state index contributed by atoms with van der Waals surface area (Å²) >= 11 is 1.62. The van der Waals surface area contributed by atoms with E-state index in [9.17, 15) is 4.79 Å². The van der Waals surface area contributed by atoms with Gasteiger partial charge in [0.25, 0.3) is 0 Å². The molecule has 1 saturated heterocycles. The number of thiazole rings is 1. The molecule has 1 fully saturated rings. The van der Waals surface area contributed by atoms with Gasteiger partial charge in [0.05, 0.1) is 35.9 Å². The Bertz CT molecular complexity index is 447. The van der Waals surface area contributed by atoms with Crippen molar-refractivity contribution in [3.8, 4) is 0 Å². The Morgan fingerprint density at radius 3 is 2.78 bits per heavy atom. The summed E-state index contributed by atoms with van der Waals surface area (Å²) in [5, 5.41) is 4.01. The van der Waals surface area contributed by atoms with Crippen LogP contribution in [0, 0.1) is 19.8 Å². The van der Waals surface area contributed by atoms with E-state index in [4.69, 9.17) is 10.5 Å². The van der Waals surface area contributed by atoms with Crippen molar-refractivity contribution in [2.24, 2.45) is 11.7 Å². The summed E-state index contributed by atoms with van der Waals surface area (Å²) in [6.45, 7) is 6.78. The zero-order chi connectivity index (χ0) is 13.3. The normalized spacial score (nSPS) is 25.1. The van der Waals surface area contributed by atoms with Gasteiger partial charge in [-0.2, -0.15) is 0 Å². The molecular weight excluding hydrogens is 250 g/mol. The second kappa shape index (κ2) is 5.34. The highest BCUT2D eigenvalue weighted by Crippen LogP contribution is 2.25. The molecule has 1 aliphatic rings. The molecule has 5 nitrogen and oxygen atoms in total. The number of carbonyl (C=O) groups excluding carboxylic acids is 1. The van der Waals surface area contributed by atoms with Gasteiger partial charge >= 0.3 is 0 Å². The largest absolute Gasteiger partial charge is 0.379 e. The topological polar surface area (TPSA) is 77.2 Å². The van der Waals surface area contributed by atoms with Crippen LogP contribution in [0.4, 0.5) is 0 Å². The number of ether oxygens (including phenoxy) is 1. The number of amides is 1. The van der Waals surface area contributed by atoms with Crippen molar-refractivity contribution in [3.05, 3.63) is 15.6 Å². The van der Waals surface area contributed by atoms with E-state index >= 15 is 0 Å². The number of hydrogen-bond acceptors (Lipinski definition) is 5. The predicted molar refractivity (Wildman–Crippen MR) is 70.4 cm³/mol. The zero-order valence-electron chi connectivity index (χ0n) is 10.9. The fourth-order valence-electron chi connectivity index (χ4n) is 2.18. The van der Waals surface area contributed by atoms with E-state index in [0.717, 1.165) is 15.6 Å².